The molecule has 0 spiro atoms. The molecule has 1 unspecified atom stereocenters. The highest BCUT2D eigenvalue weighted by Crippen LogP contribution is 2.12. The van der Waals surface area contributed by atoms with Crippen molar-refractivity contribution in [1.29, 1.82) is 0 Å². The van der Waals surface area contributed by atoms with Crippen molar-refractivity contribution in [2.45, 2.75) is 32.2 Å². The van der Waals surface area contributed by atoms with E-state index in [1.165, 1.54) is 12.0 Å². The second kappa shape index (κ2) is 7.24. The average Bonchev–Trinajstić information content (AvgIpc) is 2.22. The standard InChI is InChI=1S/C11H22N2O4/c1-4-5-11(2,12)10(16)13(6-7-17-3)8-9(14)15/h4-8,12H2,1-3H3,(H,14,15). The highest BCUT2D eigenvalue weighted by molar-refractivity contribution is 5.88. The molecule has 0 rings (SSSR count). The van der Waals surface area contributed by atoms with Gasteiger partial charge in [0, 0.05) is 13.7 Å². The number of nitrogens with zero attached hydrogens (tertiary/aromatic N) is 1. The first kappa shape index (κ1) is 15.9. The van der Waals surface area contributed by atoms with Crippen LogP contribution in [-0.2, 0) is 14.3 Å². The lowest BCUT2D eigenvalue weighted by Gasteiger charge is -2.30. The molecule has 0 aliphatic rings. The van der Waals surface area contributed by atoms with Crippen molar-refractivity contribution < 1.29 is 19.4 Å². The Morgan fingerprint density at radius 3 is 2.47 bits per heavy atom. The van der Waals surface area contributed by atoms with Crippen LogP contribution in [0.5, 0.6) is 0 Å². The van der Waals surface area contributed by atoms with Crippen molar-refractivity contribution in [3.05, 3.63) is 0 Å². The number of methoxy groups -OCH3 is 1. The molecular weight excluding hydrogens is 224 g/mol. The fraction of sp³-hybridized carbons (Fsp3) is 0.818. The van der Waals surface area contributed by atoms with Crippen molar-refractivity contribution in [2.75, 3.05) is 26.8 Å². The molecule has 0 aromatic rings. The van der Waals surface area contributed by atoms with Gasteiger partial charge in [-0.15, -0.1) is 0 Å². The highest BCUT2D eigenvalue weighted by Gasteiger charge is 2.32. The van der Waals surface area contributed by atoms with Gasteiger partial charge in [0.2, 0.25) is 5.91 Å². The molecule has 0 saturated heterocycles. The Hall–Kier alpha value is -1.14. The number of nitrogens with two attached hydrogens (primary N) is 1. The Balaban J connectivity index is 4.65. The Morgan fingerprint density at radius 1 is 1.47 bits per heavy atom. The van der Waals surface area contributed by atoms with Crippen molar-refractivity contribution in [3.63, 3.8) is 0 Å². The van der Waals surface area contributed by atoms with Gasteiger partial charge < -0.3 is 20.5 Å². The van der Waals surface area contributed by atoms with Crippen LogP contribution in [0.15, 0.2) is 0 Å². The normalized spacial score (nSPS) is 14.1. The summed E-state index contributed by atoms with van der Waals surface area (Å²) < 4.78 is 4.85. The zero-order valence-electron chi connectivity index (χ0n) is 10.7. The third-order valence-electron chi connectivity index (χ3n) is 2.44. The van der Waals surface area contributed by atoms with Crippen LogP contribution in [-0.4, -0.2) is 54.2 Å². The molecule has 0 bridgehead atoms. The van der Waals surface area contributed by atoms with Gasteiger partial charge >= 0.3 is 5.97 Å². The number of hydrogen-bond donors (Lipinski definition) is 2. The maximum absolute atomic E-state index is 12.1. The Morgan fingerprint density at radius 2 is 2.06 bits per heavy atom. The first-order valence-electron chi connectivity index (χ1n) is 5.64. The summed E-state index contributed by atoms with van der Waals surface area (Å²) in [5, 5.41) is 8.75. The average molecular weight is 246 g/mol. The summed E-state index contributed by atoms with van der Waals surface area (Å²) in [6, 6.07) is 0. The number of hydrogen-bond acceptors (Lipinski definition) is 4. The first-order valence-corrected chi connectivity index (χ1v) is 5.64. The number of carboxylic acid groups (broad SMARTS) is 1. The second-order valence-electron chi connectivity index (χ2n) is 4.28. The van der Waals surface area contributed by atoms with Crippen LogP contribution in [0.2, 0.25) is 0 Å². The summed E-state index contributed by atoms with van der Waals surface area (Å²) >= 11 is 0. The molecule has 0 aliphatic carbocycles. The molecule has 3 N–H and O–H groups in total. The third kappa shape index (κ3) is 5.65. The molecule has 6 nitrogen and oxygen atoms in total. The molecule has 0 radical (unpaired) electrons. The van der Waals surface area contributed by atoms with Gasteiger partial charge in [-0.3, -0.25) is 9.59 Å². The van der Waals surface area contributed by atoms with E-state index in [2.05, 4.69) is 0 Å². The van der Waals surface area contributed by atoms with E-state index in [4.69, 9.17) is 15.6 Å². The predicted molar refractivity (Wildman–Crippen MR) is 63.6 cm³/mol. The van der Waals surface area contributed by atoms with Gasteiger partial charge in [-0.2, -0.15) is 0 Å². The highest BCUT2D eigenvalue weighted by atomic mass is 16.5. The van der Waals surface area contributed by atoms with Crippen molar-refractivity contribution in [2.24, 2.45) is 5.73 Å². The predicted octanol–water partition coefficient (Wildman–Crippen LogP) is 0.0635. The lowest BCUT2D eigenvalue weighted by molar-refractivity contribution is -0.147. The summed E-state index contributed by atoms with van der Waals surface area (Å²) in [5.41, 5.74) is 4.88. The molecule has 100 valence electrons. The van der Waals surface area contributed by atoms with Crippen LogP contribution in [0, 0.1) is 0 Å². The molecule has 0 aliphatic heterocycles. The number of amides is 1. The van der Waals surface area contributed by atoms with E-state index >= 15 is 0 Å². The van der Waals surface area contributed by atoms with E-state index < -0.39 is 11.5 Å². The Labute approximate surface area is 102 Å². The number of rotatable bonds is 8. The largest absolute Gasteiger partial charge is 0.480 e. The fourth-order valence-electron chi connectivity index (χ4n) is 1.60. The van der Waals surface area contributed by atoms with Gasteiger partial charge in [0.15, 0.2) is 0 Å². The summed E-state index contributed by atoms with van der Waals surface area (Å²) in [7, 11) is 1.50. The van der Waals surface area contributed by atoms with Crippen LogP contribution >= 0.6 is 0 Å². The Bertz CT molecular complexity index is 266. The molecular formula is C11H22N2O4. The van der Waals surface area contributed by atoms with Gasteiger partial charge in [-0.1, -0.05) is 13.3 Å². The first-order chi connectivity index (χ1) is 7.85. The lowest BCUT2D eigenvalue weighted by Crippen LogP contribution is -2.55. The summed E-state index contributed by atoms with van der Waals surface area (Å²) in [6.45, 7) is 3.73. The topological polar surface area (TPSA) is 92.9 Å². The minimum atomic E-state index is -1.05. The van der Waals surface area contributed by atoms with Crippen molar-refractivity contribution in [3.8, 4) is 0 Å². The smallest absolute Gasteiger partial charge is 0.323 e. The van der Waals surface area contributed by atoms with Gasteiger partial charge in [-0.05, 0) is 13.3 Å². The van der Waals surface area contributed by atoms with Crippen molar-refractivity contribution in [1.82, 2.24) is 4.90 Å². The minimum Gasteiger partial charge on any atom is -0.480 e. The SMILES string of the molecule is CCCC(C)(N)C(=O)N(CCOC)CC(=O)O. The van der Waals surface area contributed by atoms with E-state index in [0.717, 1.165) is 6.42 Å². The zero-order valence-corrected chi connectivity index (χ0v) is 10.7. The van der Waals surface area contributed by atoms with Gasteiger partial charge in [0.1, 0.15) is 6.54 Å². The quantitative estimate of drug-likeness (QED) is 0.632. The molecule has 0 fully saturated rings. The van der Waals surface area contributed by atoms with Crippen LogP contribution < -0.4 is 5.73 Å². The van der Waals surface area contributed by atoms with Crippen LogP contribution in [0.4, 0.5) is 0 Å². The van der Waals surface area contributed by atoms with Crippen molar-refractivity contribution >= 4 is 11.9 Å². The van der Waals surface area contributed by atoms with E-state index in [1.807, 2.05) is 6.92 Å². The molecule has 0 heterocycles. The van der Waals surface area contributed by atoms with E-state index in [0.29, 0.717) is 13.0 Å². The van der Waals surface area contributed by atoms with Gasteiger partial charge in [0.05, 0.1) is 12.1 Å². The number of carbonyl (C=O) groups is 2. The third-order valence-corrected chi connectivity index (χ3v) is 2.44. The molecule has 6 heteroatoms. The summed E-state index contributed by atoms with van der Waals surface area (Å²) in [6.07, 6.45) is 1.29. The number of ether oxygens (including phenoxy) is 1. The van der Waals surface area contributed by atoms with Crippen LogP contribution in [0.1, 0.15) is 26.7 Å². The van der Waals surface area contributed by atoms with E-state index in [1.54, 1.807) is 6.92 Å². The number of carbonyl (C=O) groups excluding carboxylic acids is 1. The van der Waals surface area contributed by atoms with Gasteiger partial charge in [-0.25, -0.2) is 0 Å². The minimum absolute atomic E-state index is 0.234. The van der Waals surface area contributed by atoms with E-state index in [9.17, 15) is 9.59 Å². The summed E-state index contributed by atoms with van der Waals surface area (Å²) in [4.78, 5) is 24.0. The molecule has 1 atom stereocenters. The lowest BCUT2D eigenvalue weighted by atomic mass is 9.95. The maximum Gasteiger partial charge on any atom is 0.323 e. The number of aliphatic carboxylic acids is 1. The molecule has 1 amide bonds. The monoisotopic (exact) mass is 246 g/mol. The molecule has 0 saturated carbocycles. The van der Waals surface area contributed by atoms with Crippen LogP contribution in [0.3, 0.4) is 0 Å². The zero-order chi connectivity index (χ0) is 13.5. The van der Waals surface area contributed by atoms with E-state index in [-0.39, 0.29) is 19.0 Å². The molecule has 0 aromatic carbocycles. The molecule has 0 aromatic heterocycles. The Kier molecular flexibility index (Phi) is 6.75. The summed E-state index contributed by atoms with van der Waals surface area (Å²) in [5.74, 6) is -1.40. The van der Waals surface area contributed by atoms with Crippen LogP contribution in [0.25, 0.3) is 0 Å². The number of carboxylic acids is 1. The fourth-order valence-corrected chi connectivity index (χ4v) is 1.60. The maximum atomic E-state index is 12.1. The van der Waals surface area contributed by atoms with Gasteiger partial charge in [0.25, 0.3) is 0 Å². The molecule has 17 heavy (non-hydrogen) atoms. The second-order valence-corrected chi connectivity index (χ2v) is 4.28.